The van der Waals surface area contributed by atoms with Gasteiger partial charge in [0, 0.05) is 38.6 Å². The first-order valence-corrected chi connectivity index (χ1v) is 7.35. The summed E-state index contributed by atoms with van der Waals surface area (Å²) in [5.74, 6) is -0.0678. The van der Waals surface area contributed by atoms with Crippen molar-refractivity contribution in [2.75, 3.05) is 26.2 Å². The number of pyridine rings is 1. The molecule has 1 aromatic rings. The van der Waals surface area contributed by atoms with Gasteiger partial charge in [-0.25, -0.2) is 0 Å². The van der Waals surface area contributed by atoms with E-state index in [0.29, 0.717) is 26.1 Å². The monoisotopic (exact) mass is 326 g/mol. The summed E-state index contributed by atoms with van der Waals surface area (Å²) in [4.78, 5) is 30.1. The molecule has 0 aliphatic carbocycles. The van der Waals surface area contributed by atoms with E-state index < -0.39 is 0 Å². The number of aromatic nitrogens is 1. The Morgan fingerprint density at radius 3 is 2.95 bits per heavy atom. The van der Waals surface area contributed by atoms with Crippen LogP contribution in [0.1, 0.15) is 18.4 Å². The molecule has 3 N–H and O–H groups in total. The minimum atomic E-state index is -0.122. The number of halogens is 1. The third-order valence-electron chi connectivity index (χ3n) is 3.67. The molecule has 1 aromatic heterocycles. The summed E-state index contributed by atoms with van der Waals surface area (Å²) in [6, 6.07) is 3.71. The highest BCUT2D eigenvalue weighted by molar-refractivity contribution is 5.85. The van der Waals surface area contributed by atoms with Crippen LogP contribution in [0, 0.1) is 5.92 Å². The number of hydrogen-bond acceptors (Lipinski definition) is 4. The van der Waals surface area contributed by atoms with Crippen LogP contribution < -0.4 is 11.1 Å². The van der Waals surface area contributed by atoms with Crippen molar-refractivity contribution in [1.29, 1.82) is 0 Å². The zero-order valence-corrected chi connectivity index (χ0v) is 13.3. The van der Waals surface area contributed by atoms with Crippen molar-refractivity contribution in [1.82, 2.24) is 15.2 Å². The van der Waals surface area contributed by atoms with Crippen LogP contribution in [-0.4, -0.2) is 47.9 Å². The van der Waals surface area contributed by atoms with E-state index in [0.717, 1.165) is 24.9 Å². The second-order valence-electron chi connectivity index (χ2n) is 5.30. The highest BCUT2D eigenvalue weighted by Gasteiger charge is 2.28. The van der Waals surface area contributed by atoms with Crippen LogP contribution in [0.5, 0.6) is 0 Å². The molecule has 6 nitrogen and oxygen atoms in total. The predicted octanol–water partition coefficient (Wildman–Crippen LogP) is 0.359. The molecular formula is C15H23ClN4O2. The van der Waals surface area contributed by atoms with Gasteiger partial charge in [-0.1, -0.05) is 6.07 Å². The fourth-order valence-electron chi connectivity index (χ4n) is 2.55. The third kappa shape index (κ3) is 5.27. The Morgan fingerprint density at radius 2 is 2.27 bits per heavy atom. The van der Waals surface area contributed by atoms with E-state index in [1.165, 1.54) is 0 Å². The van der Waals surface area contributed by atoms with Crippen molar-refractivity contribution in [3.63, 3.8) is 0 Å². The summed E-state index contributed by atoms with van der Waals surface area (Å²) in [7, 11) is 0. The van der Waals surface area contributed by atoms with Gasteiger partial charge < -0.3 is 16.0 Å². The lowest BCUT2D eigenvalue weighted by Crippen LogP contribution is -2.46. The summed E-state index contributed by atoms with van der Waals surface area (Å²) < 4.78 is 0. The lowest BCUT2D eigenvalue weighted by molar-refractivity contribution is -0.135. The molecule has 1 saturated heterocycles. The van der Waals surface area contributed by atoms with Crippen LogP contribution in [0.25, 0.3) is 0 Å². The number of likely N-dealkylation sites (tertiary alicyclic amines) is 1. The molecule has 2 rings (SSSR count). The Morgan fingerprint density at radius 1 is 1.45 bits per heavy atom. The number of hydrogen-bond donors (Lipinski definition) is 2. The van der Waals surface area contributed by atoms with Crippen LogP contribution >= 0.6 is 12.4 Å². The summed E-state index contributed by atoms with van der Waals surface area (Å²) in [6.07, 6.45) is 5.41. The molecular weight excluding hydrogens is 304 g/mol. The summed E-state index contributed by atoms with van der Waals surface area (Å²) in [5.41, 5.74) is 6.28. The molecule has 122 valence electrons. The SMILES string of the molecule is Cl.NCCNC(=O)C1CCCN(C(=O)Cc2cccnc2)C1. The quantitative estimate of drug-likeness (QED) is 0.817. The number of carbonyl (C=O) groups excluding carboxylic acids is 2. The molecule has 1 aliphatic heterocycles. The maximum atomic E-state index is 12.3. The van der Waals surface area contributed by atoms with Crippen molar-refractivity contribution < 1.29 is 9.59 Å². The lowest BCUT2D eigenvalue weighted by atomic mass is 9.96. The van der Waals surface area contributed by atoms with Crippen molar-refractivity contribution in [3.8, 4) is 0 Å². The molecule has 1 unspecified atom stereocenters. The lowest BCUT2D eigenvalue weighted by Gasteiger charge is -2.32. The van der Waals surface area contributed by atoms with Crippen molar-refractivity contribution in [2.24, 2.45) is 11.7 Å². The molecule has 1 aliphatic rings. The number of nitrogens with zero attached hydrogens (tertiary/aromatic N) is 2. The molecule has 2 heterocycles. The molecule has 1 atom stereocenters. The van der Waals surface area contributed by atoms with Crippen LogP contribution in [0.15, 0.2) is 24.5 Å². The van der Waals surface area contributed by atoms with Crippen molar-refractivity contribution in [2.45, 2.75) is 19.3 Å². The van der Waals surface area contributed by atoms with Gasteiger partial charge in [-0.05, 0) is 24.5 Å². The third-order valence-corrected chi connectivity index (χ3v) is 3.67. The van der Waals surface area contributed by atoms with Gasteiger partial charge in [-0.2, -0.15) is 0 Å². The zero-order chi connectivity index (χ0) is 15.1. The van der Waals surface area contributed by atoms with E-state index >= 15 is 0 Å². The molecule has 7 heteroatoms. The predicted molar refractivity (Wildman–Crippen MR) is 86.6 cm³/mol. The summed E-state index contributed by atoms with van der Waals surface area (Å²) in [5, 5.41) is 2.80. The van der Waals surface area contributed by atoms with Gasteiger partial charge in [0.25, 0.3) is 0 Å². The average molecular weight is 327 g/mol. The molecule has 22 heavy (non-hydrogen) atoms. The molecule has 0 bridgehead atoms. The van der Waals surface area contributed by atoms with E-state index in [1.54, 1.807) is 17.3 Å². The van der Waals surface area contributed by atoms with Crippen LogP contribution in [-0.2, 0) is 16.0 Å². The number of amides is 2. The highest BCUT2D eigenvalue weighted by atomic mass is 35.5. The van der Waals surface area contributed by atoms with E-state index in [1.807, 2.05) is 12.1 Å². The first-order valence-electron chi connectivity index (χ1n) is 7.35. The molecule has 0 spiro atoms. The first kappa shape index (κ1) is 18.4. The Hall–Kier alpha value is -1.66. The van der Waals surface area contributed by atoms with Crippen LogP contribution in [0.2, 0.25) is 0 Å². The maximum Gasteiger partial charge on any atom is 0.227 e. The van der Waals surface area contributed by atoms with Crippen LogP contribution in [0.3, 0.4) is 0 Å². The Kier molecular flexibility index (Phi) is 7.84. The fourth-order valence-corrected chi connectivity index (χ4v) is 2.55. The average Bonchev–Trinajstić information content (AvgIpc) is 2.53. The smallest absolute Gasteiger partial charge is 0.227 e. The standard InChI is InChI=1S/C15H22N4O2.ClH/c16-5-7-18-15(21)13-4-2-8-19(11-13)14(20)9-12-3-1-6-17-10-12;/h1,3,6,10,13H,2,4-5,7-9,11,16H2,(H,18,21);1H. The number of carbonyl (C=O) groups is 2. The molecule has 0 radical (unpaired) electrons. The number of rotatable bonds is 5. The normalized spacial score (nSPS) is 17.5. The largest absolute Gasteiger partial charge is 0.355 e. The molecule has 0 aromatic carbocycles. The number of nitrogens with one attached hydrogen (secondary N) is 1. The molecule has 0 saturated carbocycles. The minimum absolute atomic E-state index is 0. The van der Waals surface area contributed by atoms with Crippen molar-refractivity contribution >= 4 is 24.2 Å². The van der Waals surface area contributed by atoms with E-state index in [4.69, 9.17) is 5.73 Å². The molecule has 2 amide bonds. The zero-order valence-electron chi connectivity index (χ0n) is 12.5. The highest BCUT2D eigenvalue weighted by Crippen LogP contribution is 2.17. The maximum absolute atomic E-state index is 12.3. The summed E-state index contributed by atoms with van der Waals surface area (Å²) in [6.45, 7) is 2.14. The Balaban J connectivity index is 0.00000242. The Labute approximate surface area is 136 Å². The second-order valence-corrected chi connectivity index (χ2v) is 5.30. The van der Waals surface area contributed by atoms with Gasteiger partial charge in [-0.3, -0.25) is 14.6 Å². The van der Waals surface area contributed by atoms with E-state index in [2.05, 4.69) is 10.3 Å². The van der Waals surface area contributed by atoms with Gasteiger partial charge in [0.05, 0.1) is 12.3 Å². The van der Waals surface area contributed by atoms with Gasteiger partial charge in [0.15, 0.2) is 0 Å². The summed E-state index contributed by atoms with van der Waals surface area (Å²) >= 11 is 0. The Bertz CT molecular complexity index is 484. The van der Waals surface area contributed by atoms with Crippen LogP contribution in [0.4, 0.5) is 0 Å². The van der Waals surface area contributed by atoms with Gasteiger partial charge in [0.1, 0.15) is 0 Å². The minimum Gasteiger partial charge on any atom is -0.355 e. The van der Waals surface area contributed by atoms with Gasteiger partial charge in [-0.15, -0.1) is 12.4 Å². The number of nitrogens with two attached hydrogens (primary N) is 1. The van der Waals surface area contributed by atoms with Crippen molar-refractivity contribution in [3.05, 3.63) is 30.1 Å². The van der Waals surface area contributed by atoms with E-state index in [-0.39, 0.29) is 30.1 Å². The number of piperidine rings is 1. The fraction of sp³-hybridized carbons (Fsp3) is 0.533. The van der Waals surface area contributed by atoms with Gasteiger partial charge in [0.2, 0.25) is 11.8 Å². The van der Waals surface area contributed by atoms with Gasteiger partial charge >= 0.3 is 0 Å². The first-order chi connectivity index (χ1) is 10.2. The topological polar surface area (TPSA) is 88.3 Å². The second kappa shape index (κ2) is 9.38. The molecule has 1 fully saturated rings. The van der Waals surface area contributed by atoms with E-state index in [9.17, 15) is 9.59 Å².